The van der Waals surface area contributed by atoms with Crippen LogP contribution in [-0.2, 0) is 19.1 Å². The number of rotatable bonds is 8. The van der Waals surface area contributed by atoms with E-state index in [4.69, 9.17) is 23.2 Å². The molecule has 9 nitrogen and oxygen atoms in total. The van der Waals surface area contributed by atoms with Crippen LogP contribution in [0.1, 0.15) is 21.0 Å². The van der Waals surface area contributed by atoms with Gasteiger partial charge in [0.15, 0.2) is 0 Å². The Labute approximate surface area is 159 Å². The lowest BCUT2D eigenvalue weighted by atomic mass is 10.2. The molecule has 0 aromatic carbocycles. The van der Waals surface area contributed by atoms with Crippen LogP contribution in [-0.4, -0.2) is 66.8 Å². The summed E-state index contributed by atoms with van der Waals surface area (Å²) in [5, 5.41) is 4.69. The Hall–Kier alpha value is -2.39. The highest BCUT2D eigenvalue weighted by Gasteiger charge is 2.24. The Kier molecular flexibility index (Phi) is 8.80. The first kappa shape index (κ1) is 21.7. The van der Waals surface area contributed by atoms with Crippen molar-refractivity contribution in [3.05, 3.63) is 29.6 Å². The van der Waals surface area contributed by atoms with Crippen LogP contribution in [0.3, 0.4) is 0 Å². The first-order chi connectivity index (χ1) is 12.4. The molecule has 0 spiro atoms. The van der Waals surface area contributed by atoms with Crippen molar-refractivity contribution in [1.82, 2.24) is 15.6 Å². The second-order valence-corrected chi connectivity index (χ2v) is 5.43. The number of hydrogen-bond acceptors (Lipinski definition) is 7. The third-order valence-corrected chi connectivity index (χ3v) is 3.72. The van der Waals surface area contributed by atoms with Crippen molar-refractivity contribution in [2.45, 2.75) is 12.1 Å². The number of ether oxygens (including phenoxy) is 2. The Balaban J connectivity index is 2.89. The third kappa shape index (κ3) is 5.85. The Morgan fingerprint density at radius 3 is 1.62 bits per heavy atom. The van der Waals surface area contributed by atoms with E-state index >= 15 is 0 Å². The number of nitrogens with zero attached hydrogens (tertiary/aromatic N) is 1. The summed E-state index contributed by atoms with van der Waals surface area (Å²) in [6.45, 7) is 0. The fourth-order valence-corrected chi connectivity index (χ4v) is 2.16. The van der Waals surface area contributed by atoms with E-state index in [0.29, 0.717) is 0 Å². The zero-order chi connectivity index (χ0) is 19.7. The first-order valence-corrected chi connectivity index (χ1v) is 8.31. The number of alkyl halides is 2. The third-order valence-electron chi connectivity index (χ3n) is 3.11. The van der Waals surface area contributed by atoms with Crippen LogP contribution in [0.2, 0.25) is 0 Å². The summed E-state index contributed by atoms with van der Waals surface area (Å²) in [5.41, 5.74) is -0.255. The molecule has 2 N–H and O–H groups in total. The van der Waals surface area contributed by atoms with E-state index in [0.717, 1.165) is 14.2 Å². The molecule has 1 rings (SSSR count). The van der Waals surface area contributed by atoms with E-state index in [1.54, 1.807) is 0 Å². The van der Waals surface area contributed by atoms with Crippen molar-refractivity contribution >= 4 is 47.0 Å². The molecule has 1 aromatic rings. The van der Waals surface area contributed by atoms with E-state index in [-0.39, 0.29) is 23.1 Å². The molecule has 26 heavy (non-hydrogen) atoms. The Morgan fingerprint density at radius 1 is 0.923 bits per heavy atom. The van der Waals surface area contributed by atoms with Gasteiger partial charge in [0.25, 0.3) is 11.8 Å². The Bertz CT molecular complexity index is 632. The maximum atomic E-state index is 12.2. The molecule has 2 amide bonds. The van der Waals surface area contributed by atoms with E-state index in [1.807, 2.05) is 0 Å². The lowest BCUT2D eigenvalue weighted by Crippen LogP contribution is -2.44. The van der Waals surface area contributed by atoms with Crippen LogP contribution in [0.5, 0.6) is 0 Å². The van der Waals surface area contributed by atoms with Crippen LogP contribution in [0.15, 0.2) is 18.2 Å². The summed E-state index contributed by atoms with van der Waals surface area (Å²) >= 11 is 11.2. The Morgan fingerprint density at radius 2 is 1.31 bits per heavy atom. The van der Waals surface area contributed by atoms with E-state index in [9.17, 15) is 19.2 Å². The molecule has 11 heteroatoms. The van der Waals surface area contributed by atoms with Crippen molar-refractivity contribution < 1.29 is 28.7 Å². The molecule has 0 radical (unpaired) electrons. The molecule has 1 aromatic heterocycles. The zero-order valence-electron chi connectivity index (χ0n) is 14.0. The monoisotopic (exact) mass is 405 g/mol. The minimum Gasteiger partial charge on any atom is -0.467 e. The van der Waals surface area contributed by atoms with Crippen molar-refractivity contribution in [1.29, 1.82) is 0 Å². The highest BCUT2D eigenvalue weighted by atomic mass is 35.5. The number of carbonyl (C=O) groups excluding carboxylic acids is 4. The molecule has 0 unspecified atom stereocenters. The van der Waals surface area contributed by atoms with Gasteiger partial charge in [-0.1, -0.05) is 6.07 Å². The highest BCUT2D eigenvalue weighted by Crippen LogP contribution is 2.03. The molecule has 0 saturated heterocycles. The van der Waals surface area contributed by atoms with Crippen LogP contribution in [0, 0.1) is 0 Å². The fraction of sp³-hybridized carbons (Fsp3) is 0.400. The average Bonchev–Trinajstić information content (AvgIpc) is 2.68. The van der Waals surface area contributed by atoms with Gasteiger partial charge < -0.3 is 20.1 Å². The molecule has 0 saturated carbocycles. The van der Waals surface area contributed by atoms with Crippen LogP contribution < -0.4 is 10.6 Å². The van der Waals surface area contributed by atoms with Gasteiger partial charge in [0, 0.05) is 0 Å². The summed E-state index contributed by atoms with van der Waals surface area (Å²) in [6, 6.07) is 1.97. The summed E-state index contributed by atoms with van der Waals surface area (Å²) in [5.74, 6) is -3.28. The van der Waals surface area contributed by atoms with Gasteiger partial charge in [-0.3, -0.25) is 9.59 Å². The van der Waals surface area contributed by atoms with Crippen LogP contribution >= 0.6 is 23.2 Å². The van der Waals surface area contributed by atoms with Gasteiger partial charge in [-0.2, -0.15) is 0 Å². The highest BCUT2D eigenvalue weighted by molar-refractivity contribution is 6.20. The number of pyridine rings is 1. The smallest absolute Gasteiger partial charge is 0.329 e. The van der Waals surface area contributed by atoms with Gasteiger partial charge >= 0.3 is 11.9 Å². The normalized spacial score (nSPS) is 12.5. The molecule has 2 atom stereocenters. The number of methoxy groups -OCH3 is 2. The lowest BCUT2D eigenvalue weighted by molar-refractivity contribution is -0.143. The summed E-state index contributed by atoms with van der Waals surface area (Å²) in [7, 11) is 2.32. The second kappa shape index (κ2) is 10.6. The minimum absolute atomic E-state index is 0.128. The molecule has 0 aliphatic rings. The predicted molar refractivity (Wildman–Crippen MR) is 92.2 cm³/mol. The first-order valence-electron chi connectivity index (χ1n) is 7.24. The van der Waals surface area contributed by atoms with Crippen molar-refractivity contribution in [3.63, 3.8) is 0 Å². The topological polar surface area (TPSA) is 124 Å². The van der Waals surface area contributed by atoms with Gasteiger partial charge in [-0.15, -0.1) is 23.2 Å². The molecule has 0 bridgehead atoms. The average molecular weight is 406 g/mol. The van der Waals surface area contributed by atoms with E-state index in [1.165, 1.54) is 18.2 Å². The van der Waals surface area contributed by atoms with Crippen LogP contribution in [0.4, 0.5) is 0 Å². The van der Waals surface area contributed by atoms with Gasteiger partial charge in [0.2, 0.25) is 0 Å². The number of halogens is 2. The molecule has 142 valence electrons. The molecule has 0 aliphatic carbocycles. The van der Waals surface area contributed by atoms with Crippen molar-refractivity contribution in [2.24, 2.45) is 0 Å². The van der Waals surface area contributed by atoms with Gasteiger partial charge in [-0.05, 0) is 12.1 Å². The van der Waals surface area contributed by atoms with Crippen molar-refractivity contribution in [3.8, 4) is 0 Å². The predicted octanol–water partition coefficient (Wildman–Crippen LogP) is 0.102. The van der Waals surface area contributed by atoms with Gasteiger partial charge in [-0.25, -0.2) is 14.6 Å². The summed E-state index contributed by atoms with van der Waals surface area (Å²) < 4.78 is 9.02. The molecular formula is C15H17Cl2N3O6. The van der Waals surface area contributed by atoms with Crippen LogP contribution in [0.25, 0.3) is 0 Å². The summed E-state index contributed by atoms with van der Waals surface area (Å²) in [4.78, 5) is 51.2. The fourth-order valence-electron chi connectivity index (χ4n) is 1.76. The van der Waals surface area contributed by atoms with Gasteiger partial charge in [0.1, 0.15) is 23.5 Å². The number of carbonyl (C=O) groups is 4. The van der Waals surface area contributed by atoms with Gasteiger partial charge in [0.05, 0.1) is 26.0 Å². The maximum absolute atomic E-state index is 12.2. The zero-order valence-corrected chi connectivity index (χ0v) is 15.5. The maximum Gasteiger partial charge on any atom is 0.329 e. The number of amides is 2. The lowest BCUT2D eigenvalue weighted by Gasteiger charge is -2.14. The SMILES string of the molecule is COC(=O)[C@H](CCl)NC(=O)c1cccc(C(=O)N[C@@H](CCl)C(=O)OC)n1. The van der Waals surface area contributed by atoms with E-state index < -0.39 is 35.8 Å². The number of nitrogens with one attached hydrogen (secondary N) is 2. The minimum atomic E-state index is -1.06. The number of aromatic nitrogens is 1. The standard InChI is InChI=1S/C15H17Cl2N3O6/c1-25-14(23)10(6-16)19-12(21)8-4-3-5-9(18-8)13(22)20-11(7-17)15(24)26-2/h3-5,10-11H,6-7H2,1-2H3,(H,19,21)(H,20,22)/t10-,11-/m0/s1. The molecule has 0 fully saturated rings. The largest absolute Gasteiger partial charge is 0.467 e. The quantitative estimate of drug-likeness (QED) is 0.464. The molecule has 1 heterocycles. The number of hydrogen-bond donors (Lipinski definition) is 2. The van der Waals surface area contributed by atoms with E-state index in [2.05, 4.69) is 25.1 Å². The second-order valence-electron chi connectivity index (χ2n) is 4.82. The molecular weight excluding hydrogens is 389 g/mol. The van der Waals surface area contributed by atoms with Crippen molar-refractivity contribution in [2.75, 3.05) is 26.0 Å². The number of esters is 2. The summed E-state index contributed by atoms with van der Waals surface area (Å²) in [6.07, 6.45) is 0. The molecule has 0 aliphatic heterocycles.